The molecule has 1 aromatic rings. The summed E-state index contributed by atoms with van der Waals surface area (Å²) in [6, 6.07) is 6.31. The number of rotatable bonds is 8. The van der Waals surface area contributed by atoms with E-state index in [1.807, 2.05) is 52.0 Å². The number of hydrogen-bond acceptors (Lipinski definition) is 4. The first-order valence-corrected chi connectivity index (χ1v) is 12.1. The Kier molecular flexibility index (Phi) is 7.04. The van der Waals surface area contributed by atoms with Crippen molar-refractivity contribution in [1.29, 1.82) is 0 Å². The lowest BCUT2D eigenvalue weighted by Gasteiger charge is -2.31. The average Bonchev–Trinajstić information content (AvgIpc) is 3.10. The molecule has 2 aliphatic rings. The van der Waals surface area contributed by atoms with E-state index in [-0.39, 0.29) is 29.0 Å². The summed E-state index contributed by atoms with van der Waals surface area (Å²) in [6.07, 6.45) is 1.44. The Bertz CT molecular complexity index is 852. The summed E-state index contributed by atoms with van der Waals surface area (Å²) in [5.74, 6) is 0.220. The second-order valence-corrected chi connectivity index (χ2v) is 11.7. The highest BCUT2D eigenvalue weighted by Crippen LogP contribution is 2.56. The molecule has 7 heteroatoms. The predicted molar refractivity (Wildman–Crippen MR) is 125 cm³/mol. The van der Waals surface area contributed by atoms with E-state index in [1.54, 1.807) is 16.7 Å². The molecule has 1 unspecified atom stereocenters. The lowest BCUT2D eigenvalue weighted by molar-refractivity contribution is -0.132. The standard InChI is InChI=1S/C24H35N3O3S/c1-14(2)11-12-25-20(28)18(13-15(3)4)26-21(29)19-24(5,6)31-23-17-10-8-7-9-16(17)22(30)27(19)23/h7-10,14-15,18-19,23H,11-13H2,1-6H3,(H,25,28)(H,26,29)/t18-,19+,23?/m0/s1. The number of fused-ring (bicyclic) bond motifs is 3. The number of nitrogens with one attached hydrogen (secondary N) is 2. The Hall–Kier alpha value is -2.02. The Balaban J connectivity index is 1.78. The molecule has 31 heavy (non-hydrogen) atoms. The van der Waals surface area contributed by atoms with Gasteiger partial charge in [-0.3, -0.25) is 14.4 Å². The molecule has 6 nitrogen and oxygen atoms in total. The van der Waals surface area contributed by atoms with Crippen LogP contribution in [0.25, 0.3) is 0 Å². The number of nitrogens with zero attached hydrogens (tertiary/aromatic N) is 1. The van der Waals surface area contributed by atoms with Gasteiger partial charge in [0.1, 0.15) is 17.5 Å². The maximum Gasteiger partial charge on any atom is 0.256 e. The van der Waals surface area contributed by atoms with Crippen molar-refractivity contribution in [2.75, 3.05) is 6.54 Å². The second-order valence-electron chi connectivity index (χ2n) is 9.94. The number of thioether (sulfide) groups is 1. The van der Waals surface area contributed by atoms with Crippen molar-refractivity contribution in [3.63, 3.8) is 0 Å². The molecule has 170 valence electrons. The predicted octanol–water partition coefficient (Wildman–Crippen LogP) is 3.73. The van der Waals surface area contributed by atoms with Crippen molar-refractivity contribution < 1.29 is 14.4 Å². The first-order chi connectivity index (χ1) is 14.5. The Morgan fingerprint density at radius 1 is 1.13 bits per heavy atom. The van der Waals surface area contributed by atoms with Gasteiger partial charge in [0.2, 0.25) is 11.8 Å². The van der Waals surface area contributed by atoms with Crippen molar-refractivity contribution >= 4 is 29.5 Å². The fourth-order valence-electron chi connectivity index (χ4n) is 4.37. The van der Waals surface area contributed by atoms with E-state index in [4.69, 9.17) is 0 Å². The van der Waals surface area contributed by atoms with E-state index in [9.17, 15) is 14.4 Å². The zero-order valence-corrected chi connectivity index (χ0v) is 20.2. The first-order valence-electron chi connectivity index (χ1n) is 11.2. The van der Waals surface area contributed by atoms with E-state index in [1.165, 1.54) is 0 Å². The van der Waals surface area contributed by atoms with Crippen LogP contribution in [-0.4, -0.2) is 46.0 Å². The first kappa shape index (κ1) is 23.6. The molecule has 0 aliphatic carbocycles. The topological polar surface area (TPSA) is 78.5 Å². The van der Waals surface area contributed by atoms with Crippen LogP contribution in [0.3, 0.4) is 0 Å². The molecule has 2 N–H and O–H groups in total. The molecule has 2 heterocycles. The molecule has 0 spiro atoms. The summed E-state index contributed by atoms with van der Waals surface area (Å²) in [5.41, 5.74) is 1.63. The third kappa shape index (κ3) is 4.92. The molecule has 1 fully saturated rings. The molecule has 0 saturated carbocycles. The number of hydrogen-bond donors (Lipinski definition) is 2. The molecule has 1 saturated heterocycles. The third-order valence-electron chi connectivity index (χ3n) is 5.91. The molecule has 0 bridgehead atoms. The van der Waals surface area contributed by atoms with E-state index in [2.05, 4.69) is 24.5 Å². The van der Waals surface area contributed by atoms with E-state index >= 15 is 0 Å². The summed E-state index contributed by atoms with van der Waals surface area (Å²) in [6.45, 7) is 12.9. The number of carbonyl (C=O) groups is 3. The summed E-state index contributed by atoms with van der Waals surface area (Å²) >= 11 is 1.63. The highest BCUT2D eigenvalue weighted by molar-refractivity contribution is 8.01. The molecule has 3 rings (SSSR count). The maximum atomic E-state index is 13.5. The highest BCUT2D eigenvalue weighted by Gasteiger charge is 2.57. The number of benzene rings is 1. The van der Waals surface area contributed by atoms with Crippen LogP contribution in [-0.2, 0) is 9.59 Å². The average molecular weight is 446 g/mol. The Labute approximate surface area is 189 Å². The van der Waals surface area contributed by atoms with E-state index < -0.39 is 16.8 Å². The molecule has 0 radical (unpaired) electrons. The smallest absolute Gasteiger partial charge is 0.256 e. The normalized spacial score (nSPS) is 22.5. The fraction of sp³-hybridized carbons (Fsp3) is 0.625. The molecule has 0 aromatic heterocycles. The fourth-order valence-corrected chi connectivity index (χ4v) is 5.95. The quantitative estimate of drug-likeness (QED) is 0.639. The second kappa shape index (κ2) is 9.23. The highest BCUT2D eigenvalue weighted by atomic mass is 32.2. The maximum absolute atomic E-state index is 13.5. The Morgan fingerprint density at radius 3 is 2.45 bits per heavy atom. The summed E-state index contributed by atoms with van der Waals surface area (Å²) < 4.78 is -0.464. The minimum atomic E-state index is -0.638. The van der Waals surface area contributed by atoms with Crippen LogP contribution >= 0.6 is 11.8 Å². The van der Waals surface area contributed by atoms with Gasteiger partial charge in [0, 0.05) is 16.9 Å². The monoisotopic (exact) mass is 445 g/mol. The van der Waals surface area contributed by atoms with Gasteiger partial charge in [0.05, 0.1) is 0 Å². The summed E-state index contributed by atoms with van der Waals surface area (Å²) in [5, 5.41) is 5.78. The van der Waals surface area contributed by atoms with Gasteiger partial charge in [-0.15, -0.1) is 11.8 Å². The van der Waals surface area contributed by atoms with Gasteiger partial charge >= 0.3 is 0 Å². The minimum absolute atomic E-state index is 0.111. The van der Waals surface area contributed by atoms with Gasteiger partial charge in [0.15, 0.2) is 0 Å². The van der Waals surface area contributed by atoms with Crippen LogP contribution in [0.4, 0.5) is 0 Å². The molecule has 3 amide bonds. The SMILES string of the molecule is CC(C)CCNC(=O)[C@H](CC(C)C)NC(=O)[C@H]1N2C(=O)c3ccccc3C2SC1(C)C. The van der Waals surface area contributed by atoms with Gasteiger partial charge in [-0.1, -0.05) is 45.9 Å². The van der Waals surface area contributed by atoms with Gasteiger partial charge in [-0.2, -0.15) is 0 Å². The van der Waals surface area contributed by atoms with Crippen LogP contribution in [0, 0.1) is 11.8 Å². The van der Waals surface area contributed by atoms with Crippen molar-refractivity contribution in [3.05, 3.63) is 35.4 Å². The van der Waals surface area contributed by atoms with Gasteiger partial charge in [-0.05, 0) is 50.2 Å². The summed E-state index contributed by atoms with van der Waals surface area (Å²) in [4.78, 5) is 41.2. The summed E-state index contributed by atoms with van der Waals surface area (Å²) in [7, 11) is 0. The van der Waals surface area contributed by atoms with Crippen LogP contribution in [0.5, 0.6) is 0 Å². The minimum Gasteiger partial charge on any atom is -0.354 e. The van der Waals surface area contributed by atoms with Crippen molar-refractivity contribution in [2.24, 2.45) is 11.8 Å². The van der Waals surface area contributed by atoms with Crippen LogP contribution in [0.15, 0.2) is 24.3 Å². The third-order valence-corrected chi connectivity index (χ3v) is 7.44. The van der Waals surface area contributed by atoms with Crippen molar-refractivity contribution in [2.45, 2.75) is 76.6 Å². The van der Waals surface area contributed by atoms with Gasteiger partial charge in [0.25, 0.3) is 5.91 Å². The molecular weight excluding hydrogens is 410 g/mol. The van der Waals surface area contributed by atoms with Gasteiger partial charge < -0.3 is 15.5 Å². The van der Waals surface area contributed by atoms with Crippen molar-refractivity contribution in [1.82, 2.24) is 15.5 Å². The molecule has 3 atom stereocenters. The Morgan fingerprint density at radius 2 is 1.81 bits per heavy atom. The molecule has 1 aromatic carbocycles. The largest absolute Gasteiger partial charge is 0.354 e. The number of carbonyl (C=O) groups excluding carboxylic acids is 3. The van der Waals surface area contributed by atoms with Gasteiger partial charge in [-0.25, -0.2) is 0 Å². The number of amides is 3. The van der Waals surface area contributed by atoms with Crippen molar-refractivity contribution in [3.8, 4) is 0 Å². The molecular formula is C24H35N3O3S. The lowest BCUT2D eigenvalue weighted by Crippen LogP contribution is -2.57. The zero-order valence-electron chi connectivity index (χ0n) is 19.4. The van der Waals surface area contributed by atoms with Crippen LogP contribution < -0.4 is 10.6 Å². The van der Waals surface area contributed by atoms with Crippen LogP contribution in [0.2, 0.25) is 0 Å². The van der Waals surface area contributed by atoms with E-state index in [0.29, 0.717) is 24.4 Å². The molecule has 2 aliphatic heterocycles. The lowest BCUT2D eigenvalue weighted by atomic mass is 9.98. The zero-order chi connectivity index (χ0) is 22.9. The van der Waals surface area contributed by atoms with E-state index in [0.717, 1.165) is 12.0 Å². The van der Waals surface area contributed by atoms with Crippen LogP contribution in [0.1, 0.15) is 75.7 Å².